The van der Waals surface area contributed by atoms with Crippen molar-refractivity contribution in [3.8, 4) is 45.3 Å². The van der Waals surface area contributed by atoms with Gasteiger partial charge in [0.1, 0.15) is 0 Å². The van der Waals surface area contributed by atoms with E-state index >= 15 is 0 Å². The summed E-state index contributed by atoms with van der Waals surface area (Å²) >= 11 is 0. The van der Waals surface area contributed by atoms with Crippen molar-refractivity contribution in [1.29, 1.82) is 0 Å². The van der Waals surface area contributed by atoms with Gasteiger partial charge >= 0.3 is 0 Å². The molecule has 0 fully saturated rings. The van der Waals surface area contributed by atoms with Gasteiger partial charge in [-0.1, -0.05) is 249 Å². The lowest BCUT2D eigenvalue weighted by Gasteiger charge is -2.19. The lowest BCUT2D eigenvalue weighted by atomic mass is 9.85. The van der Waals surface area contributed by atoms with E-state index in [4.69, 9.17) is 15.0 Å². The molecule has 0 saturated carbocycles. The third-order valence-electron chi connectivity index (χ3n) is 12.5. The topological polar surface area (TPSA) is 51.6 Å². The standard InChI is InChI=1S/C66H46N4/c1-7-22-48(23-8-1)60(49-24-9-2-10-25-49)62(52-30-15-5-16-31-52)55-34-19-36-57(44-55)65-68-64(54-41-39-47(40-42-54)59-38-21-43-67-46-59)69-66(70-65)58-37-20-35-56(45-58)63(53-32-17-6-18-33-53)61(50-26-11-3-12-27-50)51-28-13-4-14-29-51/h1-46H. The van der Waals surface area contributed by atoms with E-state index in [-0.39, 0.29) is 0 Å². The van der Waals surface area contributed by atoms with Crippen LogP contribution in [0.2, 0.25) is 0 Å². The molecule has 0 radical (unpaired) electrons. The fraction of sp³-hybridized carbons (Fsp3) is 0. The largest absolute Gasteiger partial charge is 0.264 e. The molecule has 0 aliphatic carbocycles. The van der Waals surface area contributed by atoms with Crippen LogP contribution < -0.4 is 0 Å². The number of hydrogen-bond donors (Lipinski definition) is 0. The molecule has 0 bridgehead atoms. The Morgan fingerprint density at radius 1 is 0.214 bits per heavy atom. The van der Waals surface area contributed by atoms with Crippen molar-refractivity contribution in [2.75, 3.05) is 0 Å². The van der Waals surface area contributed by atoms with Gasteiger partial charge in [-0.3, -0.25) is 4.98 Å². The molecule has 4 nitrogen and oxygen atoms in total. The Balaban J connectivity index is 1.12. The Morgan fingerprint density at radius 2 is 0.500 bits per heavy atom. The lowest BCUT2D eigenvalue weighted by molar-refractivity contribution is 1.07. The van der Waals surface area contributed by atoms with Gasteiger partial charge in [0, 0.05) is 29.1 Å². The average Bonchev–Trinajstić information content (AvgIpc) is 3.45. The minimum Gasteiger partial charge on any atom is -0.264 e. The summed E-state index contributed by atoms with van der Waals surface area (Å²) in [6, 6.07) is 93.6. The van der Waals surface area contributed by atoms with E-state index in [0.29, 0.717) is 17.5 Å². The van der Waals surface area contributed by atoms with Gasteiger partial charge in [0.15, 0.2) is 17.5 Å². The molecule has 2 heterocycles. The van der Waals surface area contributed by atoms with E-state index in [1.165, 1.54) is 0 Å². The number of hydrogen-bond acceptors (Lipinski definition) is 4. The van der Waals surface area contributed by atoms with Crippen LogP contribution in [0.5, 0.6) is 0 Å². The van der Waals surface area contributed by atoms with Crippen LogP contribution in [0.4, 0.5) is 0 Å². The minimum atomic E-state index is 0.574. The predicted octanol–water partition coefficient (Wildman–Crippen LogP) is 15.9. The molecule has 70 heavy (non-hydrogen) atoms. The summed E-state index contributed by atoms with van der Waals surface area (Å²) in [5.74, 6) is 1.73. The summed E-state index contributed by atoms with van der Waals surface area (Å²) in [7, 11) is 0. The quantitative estimate of drug-likeness (QED) is 0.115. The Morgan fingerprint density at radius 3 is 0.829 bits per heavy atom. The molecule has 330 valence electrons. The van der Waals surface area contributed by atoms with Crippen molar-refractivity contribution in [1.82, 2.24) is 19.9 Å². The van der Waals surface area contributed by atoms with E-state index < -0.39 is 0 Å². The van der Waals surface area contributed by atoms with Gasteiger partial charge in [-0.05, 0) is 96.1 Å². The van der Waals surface area contributed by atoms with E-state index in [9.17, 15) is 0 Å². The maximum atomic E-state index is 5.37. The average molecular weight is 895 g/mol. The molecule has 2 aromatic heterocycles. The molecule has 9 aromatic carbocycles. The second-order valence-electron chi connectivity index (χ2n) is 17.0. The van der Waals surface area contributed by atoms with Gasteiger partial charge in [0.05, 0.1) is 0 Å². The smallest absolute Gasteiger partial charge is 0.164 e. The summed E-state index contributed by atoms with van der Waals surface area (Å²) in [5, 5.41) is 0. The maximum Gasteiger partial charge on any atom is 0.164 e. The number of aromatic nitrogens is 4. The van der Waals surface area contributed by atoms with E-state index in [2.05, 4.69) is 266 Å². The zero-order valence-electron chi connectivity index (χ0n) is 38.3. The number of pyridine rings is 1. The molecule has 0 atom stereocenters. The van der Waals surface area contributed by atoms with Crippen LogP contribution in [0.1, 0.15) is 44.5 Å². The first kappa shape index (κ1) is 43.2. The summed E-state index contributed by atoms with van der Waals surface area (Å²) in [6.07, 6.45) is 3.67. The molecule has 11 rings (SSSR count). The summed E-state index contributed by atoms with van der Waals surface area (Å²) in [6.45, 7) is 0. The van der Waals surface area contributed by atoms with Gasteiger partial charge in [-0.2, -0.15) is 0 Å². The van der Waals surface area contributed by atoms with E-state index in [1.807, 2.05) is 12.3 Å². The highest BCUT2D eigenvalue weighted by atomic mass is 15.0. The van der Waals surface area contributed by atoms with Crippen molar-refractivity contribution in [2.24, 2.45) is 0 Å². The van der Waals surface area contributed by atoms with Gasteiger partial charge in [-0.15, -0.1) is 0 Å². The normalized spacial score (nSPS) is 10.9. The first-order valence-electron chi connectivity index (χ1n) is 23.5. The molecular formula is C66H46N4. The lowest BCUT2D eigenvalue weighted by Crippen LogP contribution is -2.02. The maximum absolute atomic E-state index is 5.37. The van der Waals surface area contributed by atoms with Crippen molar-refractivity contribution in [3.63, 3.8) is 0 Å². The van der Waals surface area contributed by atoms with Crippen molar-refractivity contribution in [2.45, 2.75) is 0 Å². The Kier molecular flexibility index (Phi) is 12.5. The molecule has 0 aliphatic rings. The molecule has 0 aliphatic heterocycles. The molecule has 0 amide bonds. The van der Waals surface area contributed by atoms with Crippen molar-refractivity contribution >= 4 is 22.3 Å². The number of rotatable bonds is 12. The van der Waals surface area contributed by atoms with Crippen LogP contribution in [0.15, 0.2) is 279 Å². The molecule has 0 N–H and O–H groups in total. The monoisotopic (exact) mass is 894 g/mol. The first-order chi connectivity index (χ1) is 34.7. The van der Waals surface area contributed by atoms with Crippen molar-refractivity contribution in [3.05, 3.63) is 324 Å². The second kappa shape index (κ2) is 20.2. The minimum absolute atomic E-state index is 0.574. The van der Waals surface area contributed by atoms with Gasteiger partial charge in [0.2, 0.25) is 0 Å². The van der Waals surface area contributed by atoms with Gasteiger partial charge in [-0.25, -0.2) is 15.0 Å². The Labute approximate surface area is 409 Å². The van der Waals surface area contributed by atoms with Crippen LogP contribution in [0.25, 0.3) is 67.6 Å². The van der Waals surface area contributed by atoms with Crippen LogP contribution in [-0.2, 0) is 0 Å². The summed E-state index contributed by atoms with van der Waals surface area (Å²) in [5.41, 5.74) is 18.1. The molecule has 11 aromatic rings. The SMILES string of the molecule is c1ccc(C(=C(c2ccccc2)c2cccc(-c3nc(-c4ccc(-c5cccnc5)cc4)nc(-c4cccc(C(=C(c5ccccc5)c5ccccc5)c5ccccc5)c4)n3)c2)c2ccccc2)cc1. The van der Waals surface area contributed by atoms with Crippen LogP contribution in [-0.4, -0.2) is 19.9 Å². The Bertz CT molecular complexity index is 3300. The molecule has 0 saturated heterocycles. The second-order valence-corrected chi connectivity index (χ2v) is 17.0. The van der Waals surface area contributed by atoms with Crippen LogP contribution in [0, 0.1) is 0 Å². The number of benzene rings is 9. The summed E-state index contributed by atoms with van der Waals surface area (Å²) in [4.78, 5) is 20.3. The highest BCUT2D eigenvalue weighted by molar-refractivity contribution is 6.06. The van der Waals surface area contributed by atoms with E-state index in [0.717, 1.165) is 94.6 Å². The highest BCUT2D eigenvalue weighted by Gasteiger charge is 2.21. The van der Waals surface area contributed by atoms with Crippen LogP contribution >= 0.6 is 0 Å². The fourth-order valence-electron chi connectivity index (χ4n) is 9.19. The predicted molar refractivity (Wildman–Crippen MR) is 288 cm³/mol. The molecule has 0 unspecified atom stereocenters. The van der Waals surface area contributed by atoms with Gasteiger partial charge in [0.25, 0.3) is 0 Å². The highest BCUT2D eigenvalue weighted by Crippen LogP contribution is 2.40. The zero-order chi connectivity index (χ0) is 46.9. The third kappa shape index (κ3) is 9.31. The molecule has 0 spiro atoms. The molecular weight excluding hydrogens is 849 g/mol. The van der Waals surface area contributed by atoms with E-state index in [1.54, 1.807) is 6.20 Å². The summed E-state index contributed by atoms with van der Waals surface area (Å²) < 4.78 is 0. The third-order valence-corrected chi connectivity index (χ3v) is 12.5. The Hall–Kier alpha value is -9.38. The van der Waals surface area contributed by atoms with Crippen molar-refractivity contribution < 1.29 is 0 Å². The first-order valence-corrected chi connectivity index (χ1v) is 23.5. The molecule has 4 heteroatoms. The zero-order valence-corrected chi connectivity index (χ0v) is 38.3. The van der Waals surface area contributed by atoms with Gasteiger partial charge < -0.3 is 0 Å². The number of nitrogens with zero attached hydrogens (tertiary/aromatic N) is 4. The van der Waals surface area contributed by atoms with Crippen LogP contribution in [0.3, 0.4) is 0 Å². The fourth-order valence-corrected chi connectivity index (χ4v) is 9.19.